The number of hydrogen-bond donors (Lipinski definition) is 0. The molecule has 0 unspecified atom stereocenters. The topological polar surface area (TPSA) is 31.4 Å². The fourth-order valence-corrected chi connectivity index (χ4v) is 1.90. The summed E-state index contributed by atoms with van der Waals surface area (Å²) < 4.78 is 24.4. The van der Waals surface area contributed by atoms with Crippen LogP contribution >= 0.6 is 11.6 Å². The van der Waals surface area contributed by atoms with Gasteiger partial charge in [0.2, 0.25) is 5.95 Å². The molecule has 0 radical (unpaired) electrons. The molecule has 1 saturated heterocycles. The van der Waals surface area contributed by atoms with Gasteiger partial charge in [0.25, 0.3) is 0 Å². The zero-order valence-electron chi connectivity index (χ0n) is 11.4. The van der Waals surface area contributed by atoms with E-state index in [0.29, 0.717) is 5.56 Å². The fourth-order valence-electron chi connectivity index (χ4n) is 1.70. The van der Waals surface area contributed by atoms with Crippen molar-refractivity contribution in [2.75, 3.05) is 0 Å². The van der Waals surface area contributed by atoms with Gasteiger partial charge < -0.3 is 9.31 Å². The van der Waals surface area contributed by atoms with Crippen LogP contribution in [0.15, 0.2) is 18.1 Å². The lowest BCUT2D eigenvalue weighted by atomic mass is 9.89. The third-order valence-corrected chi connectivity index (χ3v) is 3.85. The molecule has 0 N–H and O–H groups in total. The van der Waals surface area contributed by atoms with Crippen molar-refractivity contribution in [2.45, 2.75) is 38.9 Å². The van der Waals surface area contributed by atoms with Gasteiger partial charge in [-0.15, -0.1) is 0 Å². The van der Waals surface area contributed by atoms with E-state index in [1.54, 1.807) is 18.1 Å². The van der Waals surface area contributed by atoms with Crippen molar-refractivity contribution in [1.29, 1.82) is 0 Å². The van der Waals surface area contributed by atoms with E-state index in [0.717, 1.165) is 0 Å². The van der Waals surface area contributed by atoms with Crippen LogP contribution in [0.1, 0.15) is 33.3 Å². The smallest absolute Gasteiger partial charge is 0.400 e. The van der Waals surface area contributed by atoms with Crippen LogP contribution in [0.25, 0.3) is 6.08 Å². The van der Waals surface area contributed by atoms with Crippen molar-refractivity contribution >= 4 is 24.8 Å². The van der Waals surface area contributed by atoms with E-state index < -0.39 is 13.1 Å². The van der Waals surface area contributed by atoms with Gasteiger partial charge >= 0.3 is 7.12 Å². The first-order valence-electron chi connectivity index (χ1n) is 6.07. The quantitative estimate of drug-likeness (QED) is 0.615. The highest BCUT2D eigenvalue weighted by molar-refractivity contribution is 6.52. The highest BCUT2D eigenvalue weighted by Gasteiger charge is 2.49. The standard InChI is InChI=1S/C13H16BClFNO2/c1-12(2)13(3,4)19-14(18-12)8-7-9-5-6-10(16)17-11(9)15/h5-8H,1-4H3/b8-7+. The van der Waals surface area contributed by atoms with Gasteiger partial charge in [-0.2, -0.15) is 4.39 Å². The average molecular weight is 284 g/mol. The van der Waals surface area contributed by atoms with E-state index in [1.807, 2.05) is 27.7 Å². The van der Waals surface area contributed by atoms with Crippen molar-refractivity contribution < 1.29 is 13.7 Å². The molecule has 1 aromatic rings. The van der Waals surface area contributed by atoms with Gasteiger partial charge in [-0.1, -0.05) is 23.7 Å². The number of halogens is 2. The largest absolute Gasteiger partial charge is 0.487 e. The van der Waals surface area contributed by atoms with Gasteiger partial charge in [0.05, 0.1) is 11.2 Å². The number of pyridine rings is 1. The van der Waals surface area contributed by atoms with Crippen molar-refractivity contribution in [3.8, 4) is 0 Å². The molecule has 0 aliphatic carbocycles. The second-order valence-corrected chi connectivity index (χ2v) is 5.86. The summed E-state index contributed by atoms with van der Waals surface area (Å²) in [6.07, 6.45) is 1.72. The molecule has 0 bridgehead atoms. The molecule has 0 amide bonds. The maximum absolute atomic E-state index is 12.8. The van der Waals surface area contributed by atoms with E-state index in [2.05, 4.69) is 4.98 Å². The maximum Gasteiger partial charge on any atom is 0.487 e. The molecule has 0 aromatic carbocycles. The highest BCUT2D eigenvalue weighted by Crippen LogP contribution is 2.37. The lowest BCUT2D eigenvalue weighted by molar-refractivity contribution is 0.00578. The molecule has 1 aliphatic heterocycles. The van der Waals surface area contributed by atoms with Gasteiger partial charge in [-0.25, -0.2) is 4.98 Å². The summed E-state index contributed by atoms with van der Waals surface area (Å²) >= 11 is 5.84. The van der Waals surface area contributed by atoms with Crippen LogP contribution in [-0.4, -0.2) is 23.3 Å². The Labute approximate surface area is 117 Å². The first-order chi connectivity index (χ1) is 8.71. The van der Waals surface area contributed by atoms with Crippen molar-refractivity contribution in [3.05, 3.63) is 34.8 Å². The molecule has 19 heavy (non-hydrogen) atoms. The van der Waals surface area contributed by atoms with Crippen LogP contribution in [0.5, 0.6) is 0 Å². The molecule has 1 fully saturated rings. The number of aromatic nitrogens is 1. The summed E-state index contributed by atoms with van der Waals surface area (Å²) in [6.45, 7) is 7.92. The van der Waals surface area contributed by atoms with Crippen molar-refractivity contribution in [1.82, 2.24) is 4.98 Å². The van der Waals surface area contributed by atoms with E-state index in [9.17, 15) is 4.39 Å². The zero-order chi connectivity index (χ0) is 14.3. The Bertz CT molecular complexity index is 503. The summed E-state index contributed by atoms with van der Waals surface area (Å²) in [4.78, 5) is 3.54. The van der Waals surface area contributed by atoms with Gasteiger partial charge in [-0.3, -0.25) is 0 Å². The molecule has 0 saturated carbocycles. The zero-order valence-corrected chi connectivity index (χ0v) is 12.2. The lowest BCUT2D eigenvalue weighted by Gasteiger charge is -2.32. The predicted molar refractivity (Wildman–Crippen MR) is 74.3 cm³/mol. The minimum atomic E-state index is -0.599. The van der Waals surface area contributed by atoms with Gasteiger partial charge in [0.1, 0.15) is 5.15 Å². The molecule has 0 spiro atoms. The first-order valence-corrected chi connectivity index (χ1v) is 6.45. The molecule has 0 atom stereocenters. The maximum atomic E-state index is 12.8. The Morgan fingerprint density at radius 1 is 1.21 bits per heavy atom. The van der Waals surface area contributed by atoms with Crippen LogP contribution in [-0.2, 0) is 9.31 Å². The molecule has 1 aliphatic rings. The van der Waals surface area contributed by atoms with Crippen LogP contribution in [0.4, 0.5) is 4.39 Å². The van der Waals surface area contributed by atoms with Crippen LogP contribution in [0.3, 0.4) is 0 Å². The third kappa shape index (κ3) is 2.99. The second-order valence-electron chi connectivity index (χ2n) is 5.50. The first kappa shape index (κ1) is 14.5. The minimum Gasteiger partial charge on any atom is -0.400 e. The predicted octanol–water partition coefficient (Wildman–Crippen LogP) is 3.52. The Morgan fingerprint density at radius 3 is 2.32 bits per heavy atom. The Hall–Kier alpha value is -0.905. The number of hydrogen-bond acceptors (Lipinski definition) is 3. The van der Waals surface area contributed by atoms with Crippen molar-refractivity contribution in [3.63, 3.8) is 0 Å². The number of rotatable bonds is 2. The van der Waals surface area contributed by atoms with E-state index in [-0.39, 0.29) is 16.4 Å². The fraction of sp³-hybridized carbons (Fsp3) is 0.462. The molecule has 3 nitrogen and oxygen atoms in total. The molecular weight excluding hydrogens is 267 g/mol. The van der Waals surface area contributed by atoms with E-state index >= 15 is 0 Å². The van der Waals surface area contributed by atoms with Crippen molar-refractivity contribution in [2.24, 2.45) is 0 Å². The highest BCUT2D eigenvalue weighted by atomic mass is 35.5. The summed E-state index contributed by atoms with van der Waals surface area (Å²) in [5.74, 6) is 1.15. The summed E-state index contributed by atoms with van der Waals surface area (Å²) in [6, 6.07) is 2.82. The minimum absolute atomic E-state index is 0.118. The monoisotopic (exact) mass is 283 g/mol. The third-order valence-electron chi connectivity index (χ3n) is 3.55. The van der Waals surface area contributed by atoms with Crippen LogP contribution in [0.2, 0.25) is 5.15 Å². The molecular formula is C13H16BClFNO2. The van der Waals surface area contributed by atoms with Crippen LogP contribution in [0, 0.1) is 5.95 Å². The summed E-state index contributed by atoms with van der Waals surface area (Å²) in [5, 5.41) is 0.118. The molecule has 2 rings (SSSR count). The molecule has 2 heterocycles. The van der Waals surface area contributed by atoms with E-state index in [4.69, 9.17) is 20.9 Å². The Morgan fingerprint density at radius 2 is 1.79 bits per heavy atom. The Balaban J connectivity index is 2.13. The lowest BCUT2D eigenvalue weighted by Crippen LogP contribution is -2.41. The summed E-state index contributed by atoms with van der Waals surface area (Å²) in [7, 11) is -0.453. The second kappa shape index (κ2) is 4.89. The normalized spacial score (nSPS) is 21.3. The Kier molecular flexibility index (Phi) is 3.73. The molecule has 1 aromatic heterocycles. The van der Waals surface area contributed by atoms with Gasteiger partial charge in [0.15, 0.2) is 0 Å². The average Bonchev–Trinajstić information content (AvgIpc) is 2.46. The molecule has 102 valence electrons. The van der Waals surface area contributed by atoms with E-state index in [1.165, 1.54) is 6.07 Å². The summed E-state index contributed by atoms with van der Waals surface area (Å²) in [5.41, 5.74) is -0.141. The van der Waals surface area contributed by atoms with Gasteiger partial charge in [0, 0.05) is 5.56 Å². The molecule has 6 heteroatoms. The SMILES string of the molecule is CC1(C)OB(/C=C/c2ccc(F)nc2Cl)OC1(C)C. The number of nitrogens with zero attached hydrogens (tertiary/aromatic N) is 1. The van der Waals surface area contributed by atoms with Gasteiger partial charge in [-0.05, 0) is 39.8 Å². The van der Waals surface area contributed by atoms with Crippen LogP contribution < -0.4 is 0 Å².